The first-order valence-electron chi connectivity index (χ1n) is 9.52. The third kappa shape index (κ3) is 7.40. The van der Waals surface area contributed by atoms with Crippen LogP contribution in [0.4, 0.5) is 4.79 Å². The highest BCUT2D eigenvalue weighted by Gasteiger charge is 2.23. The summed E-state index contributed by atoms with van der Waals surface area (Å²) >= 11 is 0. The Morgan fingerprint density at radius 2 is 1.79 bits per heavy atom. The second-order valence-electron chi connectivity index (χ2n) is 6.94. The van der Waals surface area contributed by atoms with Gasteiger partial charge in [-0.05, 0) is 42.5 Å². The highest BCUT2D eigenvalue weighted by molar-refractivity contribution is 5.96. The van der Waals surface area contributed by atoms with Crippen molar-refractivity contribution in [3.63, 3.8) is 0 Å². The van der Waals surface area contributed by atoms with Crippen LogP contribution < -0.4 is 10.6 Å². The number of nitrogens with one attached hydrogen (secondary N) is 2. The zero-order valence-electron chi connectivity index (χ0n) is 16.6. The Bertz CT molecular complexity index is 772. The fourth-order valence-corrected chi connectivity index (χ4v) is 3.10. The molecule has 0 unspecified atom stereocenters. The van der Waals surface area contributed by atoms with Crippen LogP contribution in [0.3, 0.4) is 0 Å². The Morgan fingerprint density at radius 1 is 1.10 bits per heavy atom. The molecule has 0 saturated heterocycles. The number of ether oxygens (including phenoxy) is 2. The predicted octanol–water partition coefficient (Wildman–Crippen LogP) is 2.43. The van der Waals surface area contributed by atoms with Crippen LogP contribution in [0.25, 0.3) is 6.08 Å². The first-order chi connectivity index (χ1) is 13.9. The summed E-state index contributed by atoms with van der Waals surface area (Å²) in [7, 11) is 1.29. The van der Waals surface area contributed by atoms with Crippen LogP contribution in [0.15, 0.2) is 30.3 Å². The van der Waals surface area contributed by atoms with E-state index in [0.717, 1.165) is 31.8 Å². The SMILES string of the molecule is COC(=O)c1ccc(/C=C/C(=O)OCC(=O)NC(=O)N[C@H]2CCCC[C@H]2C)cc1. The molecule has 1 saturated carbocycles. The van der Waals surface area contributed by atoms with Crippen LogP contribution in [0.2, 0.25) is 0 Å². The summed E-state index contributed by atoms with van der Waals surface area (Å²) in [6.07, 6.45) is 6.79. The number of carbonyl (C=O) groups is 4. The lowest BCUT2D eigenvalue weighted by Crippen LogP contribution is -2.48. The monoisotopic (exact) mass is 402 g/mol. The van der Waals surface area contributed by atoms with E-state index < -0.39 is 30.5 Å². The molecule has 2 rings (SSSR count). The summed E-state index contributed by atoms with van der Waals surface area (Å²) in [4.78, 5) is 46.7. The van der Waals surface area contributed by atoms with Gasteiger partial charge >= 0.3 is 18.0 Å². The van der Waals surface area contributed by atoms with Gasteiger partial charge in [-0.1, -0.05) is 31.9 Å². The van der Waals surface area contributed by atoms with Gasteiger partial charge in [-0.25, -0.2) is 14.4 Å². The van der Waals surface area contributed by atoms with Crippen molar-refractivity contribution >= 4 is 30.0 Å². The Morgan fingerprint density at radius 3 is 2.45 bits per heavy atom. The molecule has 1 aromatic rings. The Hall–Kier alpha value is -3.16. The van der Waals surface area contributed by atoms with Crippen molar-refractivity contribution < 1.29 is 28.7 Å². The zero-order chi connectivity index (χ0) is 21.2. The number of imide groups is 1. The van der Waals surface area contributed by atoms with Crippen LogP contribution in [0.1, 0.15) is 48.5 Å². The van der Waals surface area contributed by atoms with Crippen LogP contribution in [-0.2, 0) is 19.1 Å². The highest BCUT2D eigenvalue weighted by atomic mass is 16.5. The van der Waals surface area contributed by atoms with Crippen LogP contribution in [0, 0.1) is 5.92 Å². The molecule has 3 amide bonds. The average molecular weight is 402 g/mol. The lowest BCUT2D eigenvalue weighted by Gasteiger charge is -2.29. The van der Waals surface area contributed by atoms with Gasteiger partial charge in [0.05, 0.1) is 12.7 Å². The molecule has 1 aromatic carbocycles. The molecule has 2 atom stereocenters. The fraction of sp³-hybridized carbons (Fsp3) is 0.429. The fourth-order valence-electron chi connectivity index (χ4n) is 3.10. The number of esters is 2. The van der Waals surface area contributed by atoms with Crippen LogP contribution in [0.5, 0.6) is 0 Å². The van der Waals surface area contributed by atoms with E-state index in [-0.39, 0.29) is 6.04 Å². The van der Waals surface area contributed by atoms with Crippen molar-refractivity contribution in [2.24, 2.45) is 5.92 Å². The highest BCUT2D eigenvalue weighted by Crippen LogP contribution is 2.23. The van der Waals surface area contributed by atoms with Gasteiger partial charge in [0, 0.05) is 12.1 Å². The first kappa shape index (κ1) is 22.1. The molecule has 2 N–H and O–H groups in total. The molecule has 1 aliphatic rings. The maximum Gasteiger partial charge on any atom is 0.337 e. The minimum absolute atomic E-state index is 0.0487. The summed E-state index contributed by atoms with van der Waals surface area (Å²) in [5.41, 5.74) is 1.06. The summed E-state index contributed by atoms with van der Waals surface area (Å²) in [5, 5.41) is 4.96. The number of hydrogen-bond acceptors (Lipinski definition) is 6. The molecule has 0 heterocycles. The maximum atomic E-state index is 11.9. The normalized spacial score (nSPS) is 18.7. The number of hydrogen-bond donors (Lipinski definition) is 2. The van der Waals surface area contributed by atoms with Gasteiger partial charge < -0.3 is 14.8 Å². The van der Waals surface area contributed by atoms with Gasteiger partial charge in [-0.15, -0.1) is 0 Å². The smallest absolute Gasteiger partial charge is 0.337 e. The lowest BCUT2D eigenvalue weighted by atomic mass is 9.86. The van der Waals surface area contributed by atoms with Crippen molar-refractivity contribution in [2.75, 3.05) is 13.7 Å². The maximum absolute atomic E-state index is 11.9. The minimum atomic E-state index is -0.724. The van der Waals surface area contributed by atoms with Gasteiger partial charge in [0.2, 0.25) is 0 Å². The molecule has 1 aliphatic carbocycles. The topological polar surface area (TPSA) is 111 Å². The van der Waals surface area contributed by atoms with E-state index in [1.807, 2.05) is 0 Å². The third-order valence-corrected chi connectivity index (χ3v) is 4.77. The van der Waals surface area contributed by atoms with E-state index in [2.05, 4.69) is 22.3 Å². The number of urea groups is 1. The molecule has 0 aliphatic heterocycles. The van der Waals surface area contributed by atoms with Crippen LogP contribution >= 0.6 is 0 Å². The second kappa shape index (κ2) is 11.0. The molecule has 29 heavy (non-hydrogen) atoms. The molecule has 0 bridgehead atoms. The number of amides is 3. The predicted molar refractivity (Wildman–Crippen MR) is 106 cm³/mol. The molecular weight excluding hydrogens is 376 g/mol. The van der Waals surface area contributed by atoms with Crippen molar-refractivity contribution in [3.8, 4) is 0 Å². The van der Waals surface area contributed by atoms with Crippen molar-refractivity contribution in [3.05, 3.63) is 41.5 Å². The number of carbonyl (C=O) groups excluding carboxylic acids is 4. The molecule has 0 radical (unpaired) electrons. The number of benzene rings is 1. The molecule has 0 aromatic heterocycles. The molecule has 8 heteroatoms. The van der Waals surface area contributed by atoms with Gasteiger partial charge in [0.1, 0.15) is 0 Å². The Labute approximate surface area is 169 Å². The zero-order valence-corrected chi connectivity index (χ0v) is 16.6. The standard InChI is InChI=1S/C21H26N2O6/c1-14-5-3-4-6-17(14)22-21(27)23-18(24)13-29-19(25)12-9-15-7-10-16(11-8-15)20(26)28-2/h7-12,14,17H,3-6,13H2,1-2H3,(H2,22,23,24,27)/b12-9+/t14-,17+/m1/s1. The molecule has 156 valence electrons. The van der Waals surface area contributed by atoms with Gasteiger partial charge in [0.25, 0.3) is 5.91 Å². The van der Waals surface area contributed by atoms with E-state index in [9.17, 15) is 19.2 Å². The lowest BCUT2D eigenvalue weighted by molar-refractivity contribution is -0.143. The summed E-state index contributed by atoms with van der Waals surface area (Å²) in [6.45, 7) is 1.52. The van der Waals surface area contributed by atoms with Gasteiger partial charge in [0.15, 0.2) is 6.61 Å². The summed E-state index contributed by atoms with van der Waals surface area (Å²) in [5.74, 6) is -1.50. The van der Waals surface area contributed by atoms with E-state index in [4.69, 9.17) is 4.74 Å². The third-order valence-electron chi connectivity index (χ3n) is 4.77. The summed E-state index contributed by atoms with van der Waals surface area (Å²) < 4.78 is 9.43. The second-order valence-corrected chi connectivity index (χ2v) is 6.94. The quantitative estimate of drug-likeness (QED) is 0.558. The van der Waals surface area contributed by atoms with Crippen molar-refractivity contribution in [2.45, 2.75) is 38.6 Å². The average Bonchev–Trinajstić information content (AvgIpc) is 2.72. The van der Waals surface area contributed by atoms with Crippen LogP contribution in [-0.4, -0.2) is 43.6 Å². The van der Waals surface area contributed by atoms with Crippen molar-refractivity contribution in [1.29, 1.82) is 0 Å². The molecule has 0 spiro atoms. The Kier molecular flexibility index (Phi) is 8.39. The largest absolute Gasteiger partial charge is 0.465 e. The molecule has 1 fully saturated rings. The van der Waals surface area contributed by atoms with Gasteiger partial charge in [-0.3, -0.25) is 10.1 Å². The van der Waals surface area contributed by atoms with E-state index in [1.54, 1.807) is 24.3 Å². The first-order valence-corrected chi connectivity index (χ1v) is 9.52. The number of methoxy groups -OCH3 is 1. The molecular formula is C21H26N2O6. The Balaban J connectivity index is 1.72. The van der Waals surface area contributed by atoms with E-state index in [0.29, 0.717) is 17.0 Å². The summed E-state index contributed by atoms with van der Waals surface area (Å²) in [6, 6.07) is 5.88. The molecule has 8 nitrogen and oxygen atoms in total. The van der Waals surface area contributed by atoms with E-state index in [1.165, 1.54) is 13.2 Å². The number of rotatable bonds is 6. The van der Waals surface area contributed by atoms with E-state index >= 15 is 0 Å². The van der Waals surface area contributed by atoms with Gasteiger partial charge in [-0.2, -0.15) is 0 Å². The minimum Gasteiger partial charge on any atom is -0.465 e. The van der Waals surface area contributed by atoms with Crippen molar-refractivity contribution in [1.82, 2.24) is 10.6 Å².